The van der Waals surface area contributed by atoms with Crippen molar-refractivity contribution in [3.05, 3.63) is 52.5 Å². The van der Waals surface area contributed by atoms with Crippen LogP contribution >= 0.6 is 11.3 Å². The number of amides is 1. The van der Waals surface area contributed by atoms with Gasteiger partial charge in [-0.3, -0.25) is 4.79 Å². The van der Waals surface area contributed by atoms with Crippen molar-refractivity contribution in [3.8, 4) is 17.1 Å². The second-order valence-electron chi connectivity index (χ2n) is 6.22. The monoisotopic (exact) mass is 369 g/mol. The summed E-state index contributed by atoms with van der Waals surface area (Å²) in [6, 6.07) is 9.63. The number of nitrogens with zero attached hydrogens (tertiary/aromatic N) is 3. The largest absolute Gasteiger partial charge is 0.494 e. The summed E-state index contributed by atoms with van der Waals surface area (Å²) in [5.74, 6) is 2.28. The van der Waals surface area contributed by atoms with Crippen LogP contribution in [0.1, 0.15) is 24.3 Å². The van der Waals surface area contributed by atoms with Crippen molar-refractivity contribution in [1.82, 2.24) is 15.0 Å². The van der Waals surface area contributed by atoms with Crippen LogP contribution in [0.15, 0.2) is 45.6 Å². The molecule has 1 aromatic carbocycles. The Labute approximate surface area is 155 Å². The number of thiophene rings is 1. The van der Waals surface area contributed by atoms with E-state index < -0.39 is 0 Å². The van der Waals surface area contributed by atoms with Crippen molar-refractivity contribution in [1.29, 1.82) is 0 Å². The Hall–Kier alpha value is -2.67. The molecule has 0 saturated carbocycles. The van der Waals surface area contributed by atoms with E-state index in [4.69, 9.17) is 9.26 Å². The molecular weight excluding hydrogens is 350 g/mol. The molecule has 0 radical (unpaired) electrons. The van der Waals surface area contributed by atoms with Gasteiger partial charge in [-0.25, -0.2) is 0 Å². The van der Waals surface area contributed by atoms with E-state index in [1.165, 1.54) is 0 Å². The first-order valence-corrected chi connectivity index (χ1v) is 9.53. The van der Waals surface area contributed by atoms with Gasteiger partial charge >= 0.3 is 0 Å². The van der Waals surface area contributed by atoms with E-state index >= 15 is 0 Å². The van der Waals surface area contributed by atoms with E-state index in [2.05, 4.69) is 10.1 Å². The molecule has 2 aromatic heterocycles. The van der Waals surface area contributed by atoms with Crippen molar-refractivity contribution in [2.75, 3.05) is 19.7 Å². The molecule has 1 aliphatic rings. The normalized spacial score (nSPS) is 14.3. The highest BCUT2D eigenvalue weighted by molar-refractivity contribution is 7.08. The first-order chi connectivity index (χ1) is 12.7. The second-order valence-corrected chi connectivity index (χ2v) is 7.00. The van der Waals surface area contributed by atoms with Crippen molar-refractivity contribution >= 4 is 17.2 Å². The number of carbonyl (C=O) groups is 1. The highest BCUT2D eigenvalue weighted by Crippen LogP contribution is 2.28. The van der Waals surface area contributed by atoms with Crippen LogP contribution in [-0.4, -0.2) is 40.6 Å². The Balaban J connectivity index is 1.31. The number of hydrogen-bond acceptors (Lipinski definition) is 6. The zero-order chi connectivity index (χ0) is 17.9. The molecule has 3 aromatic rings. The van der Waals surface area contributed by atoms with Crippen LogP contribution in [0.2, 0.25) is 0 Å². The van der Waals surface area contributed by atoms with Gasteiger partial charge in [0.25, 0.3) is 0 Å². The summed E-state index contributed by atoms with van der Waals surface area (Å²) in [5, 5.41) is 8.00. The number of likely N-dealkylation sites (tertiary alicyclic amines) is 1. The van der Waals surface area contributed by atoms with Crippen molar-refractivity contribution in [2.24, 2.45) is 0 Å². The van der Waals surface area contributed by atoms with E-state index in [1.807, 2.05) is 52.9 Å². The molecule has 26 heavy (non-hydrogen) atoms. The summed E-state index contributed by atoms with van der Waals surface area (Å²) in [6.45, 7) is 3.84. The van der Waals surface area contributed by atoms with Gasteiger partial charge in [0.1, 0.15) is 5.75 Å². The average molecular weight is 369 g/mol. The van der Waals surface area contributed by atoms with E-state index in [-0.39, 0.29) is 11.8 Å². The molecular formula is C19H19N3O3S. The first kappa shape index (κ1) is 16.8. The minimum atomic E-state index is 0.114. The van der Waals surface area contributed by atoms with Crippen LogP contribution < -0.4 is 4.74 Å². The van der Waals surface area contributed by atoms with Crippen LogP contribution in [-0.2, 0) is 11.2 Å². The van der Waals surface area contributed by atoms with Crippen molar-refractivity contribution in [2.45, 2.75) is 19.3 Å². The maximum Gasteiger partial charge on any atom is 0.233 e. The highest BCUT2D eigenvalue weighted by Gasteiger charge is 2.35. The third-order valence-electron chi connectivity index (χ3n) is 4.39. The fourth-order valence-electron chi connectivity index (χ4n) is 2.91. The molecule has 0 bridgehead atoms. The number of ether oxygens (including phenoxy) is 1. The summed E-state index contributed by atoms with van der Waals surface area (Å²) in [4.78, 5) is 18.7. The summed E-state index contributed by atoms with van der Waals surface area (Å²) >= 11 is 1.60. The Morgan fingerprint density at radius 2 is 2.12 bits per heavy atom. The van der Waals surface area contributed by atoms with E-state index in [9.17, 15) is 4.79 Å². The van der Waals surface area contributed by atoms with Gasteiger partial charge in [-0.2, -0.15) is 16.3 Å². The minimum absolute atomic E-state index is 0.114. The molecule has 134 valence electrons. The van der Waals surface area contributed by atoms with E-state index in [1.54, 1.807) is 11.3 Å². The lowest BCUT2D eigenvalue weighted by Crippen LogP contribution is -2.49. The molecule has 0 N–H and O–H groups in total. The number of carbonyl (C=O) groups excluding carboxylic acids is 1. The van der Waals surface area contributed by atoms with Crippen LogP contribution in [0.25, 0.3) is 11.4 Å². The number of benzene rings is 1. The van der Waals surface area contributed by atoms with Gasteiger partial charge in [-0.15, -0.1) is 0 Å². The Bertz CT molecular complexity index is 868. The second kappa shape index (κ2) is 7.29. The predicted octanol–water partition coefficient (Wildman–Crippen LogP) is 3.37. The van der Waals surface area contributed by atoms with Gasteiger partial charge in [0.2, 0.25) is 17.6 Å². The van der Waals surface area contributed by atoms with Crippen molar-refractivity contribution < 1.29 is 14.1 Å². The van der Waals surface area contributed by atoms with Gasteiger partial charge in [-0.05, 0) is 36.1 Å². The standard InChI is InChI=1S/C19H19N3O3S/c1-2-24-16-5-3-13(4-6-16)9-17(23)22-10-15(11-22)19-20-18(21-25-19)14-7-8-26-12-14/h3-8,12,15H,2,9-11H2,1H3. The Morgan fingerprint density at radius 1 is 1.31 bits per heavy atom. The van der Waals surface area contributed by atoms with Gasteiger partial charge in [0.15, 0.2) is 0 Å². The highest BCUT2D eigenvalue weighted by atomic mass is 32.1. The lowest BCUT2D eigenvalue weighted by Gasteiger charge is -2.37. The van der Waals surface area contributed by atoms with Gasteiger partial charge in [-0.1, -0.05) is 17.3 Å². The zero-order valence-electron chi connectivity index (χ0n) is 14.4. The van der Waals surface area contributed by atoms with E-state index in [0.29, 0.717) is 37.8 Å². The van der Waals surface area contributed by atoms with Gasteiger partial charge in [0, 0.05) is 24.0 Å². The van der Waals surface area contributed by atoms with Crippen molar-refractivity contribution in [3.63, 3.8) is 0 Å². The van der Waals surface area contributed by atoms with Gasteiger partial charge < -0.3 is 14.2 Å². The fourth-order valence-corrected chi connectivity index (χ4v) is 3.54. The number of hydrogen-bond donors (Lipinski definition) is 0. The smallest absolute Gasteiger partial charge is 0.233 e. The topological polar surface area (TPSA) is 68.5 Å². The molecule has 0 unspecified atom stereocenters. The molecule has 3 heterocycles. The molecule has 4 rings (SSSR count). The molecule has 0 spiro atoms. The summed E-state index contributed by atoms with van der Waals surface area (Å²) in [7, 11) is 0. The molecule has 0 atom stereocenters. The van der Waals surface area contributed by atoms with Crippen LogP contribution in [0.4, 0.5) is 0 Å². The van der Waals surface area contributed by atoms with Crippen LogP contribution in [0.5, 0.6) is 5.75 Å². The molecule has 7 heteroatoms. The third kappa shape index (κ3) is 3.48. The fraction of sp³-hybridized carbons (Fsp3) is 0.316. The lowest BCUT2D eigenvalue weighted by molar-refractivity contribution is -0.135. The Kier molecular flexibility index (Phi) is 4.71. The summed E-state index contributed by atoms with van der Waals surface area (Å²) in [5.41, 5.74) is 1.95. The maximum absolute atomic E-state index is 12.4. The molecule has 0 aliphatic carbocycles. The van der Waals surface area contributed by atoms with Gasteiger partial charge in [0.05, 0.1) is 18.9 Å². The van der Waals surface area contributed by atoms with Crippen LogP contribution in [0, 0.1) is 0 Å². The molecule has 1 fully saturated rings. The van der Waals surface area contributed by atoms with Crippen LogP contribution in [0.3, 0.4) is 0 Å². The molecule has 1 amide bonds. The predicted molar refractivity (Wildman–Crippen MR) is 98.2 cm³/mol. The maximum atomic E-state index is 12.4. The van der Waals surface area contributed by atoms with E-state index in [0.717, 1.165) is 16.9 Å². The first-order valence-electron chi connectivity index (χ1n) is 8.58. The molecule has 1 saturated heterocycles. The molecule has 6 nitrogen and oxygen atoms in total. The summed E-state index contributed by atoms with van der Waals surface area (Å²) < 4.78 is 10.8. The number of rotatable bonds is 6. The zero-order valence-corrected chi connectivity index (χ0v) is 15.2. The third-order valence-corrected chi connectivity index (χ3v) is 5.08. The number of aromatic nitrogens is 2. The molecule has 1 aliphatic heterocycles. The Morgan fingerprint density at radius 3 is 2.81 bits per heavy atom. The SMILES string of the molecule is CCOc1ccc(CC(=O)N2CC(c3nc(-c4ccsc4)no3)C2)cc1. The lowest BCUT2D eigenvalue weighted by atomic mass is 9.99. The quantitative estimate of drug-likeness (QED) is 0.666. The minimum Gasteiger partial charge on any atom is -0.494 e. The average Bonchev–Trinajstić information content (AvgIpc) is 3.27. The summed E-state index contributed by atoms with van der Waals surface area (Å²) in [6.07, 6.45) is 0.392.